The van der Waals surface area contributed by atoms with Crippen LogP contribution in [0.15, 0.2) is 39.5 Å². The Hall–Kier alpha value is -2.93. The van der Waals surface area contributed by atoms with Gasteiger partial charge in [0.15, 0.2) is 5.58 Å². The third kappa shape index (κ3) is 4.16. The van der Waals surface area contributed by atoms with Gasteiger partial charge in [-0.2, -0.15) is 0 Å². The Morgan fingerprint density at radius 2 is 2.17 bits per heavy atom. The molecule has 1 N–H and O–H groups in total. The predicted molar refractivity (Wildman–Crippen MR) is 113 cm³/mol. The van der Waals surface area contributed by atoms with Gasteiger partial charge < -0.3 is 19.2 Å². The lowest BCUT2D eigenvalue weighted by atomic mass is 10.1. The quantitative estimate of drug-likeness (QED) is 0.618. The highest BCUT2D eigenvalue weighted by molar-refractivity contribution is 6.31. The first kappa shape index (κ1) is 20.3. The Morgan fingerprint density at radius 1 is 1.33 bits per heavy atom. The lowest BCUT2D eigenvalue weighted by molar-refractivity contribution is -0.121. The van der Waals surface area contributed by atoms with Crippen LogP contribution in [0.1, 0.15) is 31.4 Å². The molecule has 2 aromatic carbocycles. The van der Waals surface area contributed by atoms with Crippen LogP contribution in [0.5, 0.6) is 11.5 Å². The number of aromatic nitrogens is 1. The van der Waals surface area contributed by atoms with Gasteiger partial charge >= 0.3 is 5.76 Å². The highest BCUT2D eigenvalue weighted by atomic mass is 35.5. The van der Waals surface area contributed by atoms with Crippen LogP contribution >= 0.6 is 11.6 Å². The number of hydrogen-bond acceptors (Lipinski definition) is 5. The maximum atomic E-state index is 12.4. The van der Waals surface area contributed by atoms with Gasteiger partial charge in [0.2, 0.25) is 5.91 Å². The number of fused-ring (bicyclic) bond motifs is 2. The van der Waals surface area contributed by atoms with Crippen LogP contribution in [-0.4, -0.2) is 23.2 Å². The van der Waals surface area contributed by atoms with Gasteiger partial charge in [-0.05, 0) is 38.1 Å². The highest BCUT2D eigenvalue weighted by Crippen LogP contribution is 2.35. The number of ether oxygens (including phenoxy) is 2. The zero-order chi connectivity index (χ0) is 21.3. The number of nitrogens with zero attached hydrogens (tertiary/aromatic N) is 1. The molecule has 4 rings (SSSR count). The van der Waals surface area contributed by atoms with E-state index < -0.39 is 5.76 Å². The molecule has 1 aliphatic heterocycles. The first-order chi connectivity index (χ1) is 14.4. The van der Waals surface area contributed by atoms with E-state index in [9.17, 15) is 9.59 Å². The van der Waals surface area contributed by atoms with E-state index in [1.165, 1.54) is 4.57 Å². The zero-order valence-corrected chi connectivity index (χ0v) is 17.6. The van der Waals surface area contributed by atoms with Crippen molar-refractivity contribution in [2.24, 2.45) is 0 Å². The average Bonchev–Trinajstić information content (AvgIpc) is 3.21. The molecule has 30 heavy (non-hydrogen) atoms. The molecule has 0 spiro atoms. The normalized spacial score (nSPS) is 15.1. The lowest BCUT2D eigenvalue weighted by Gasteiger charge is -2.13. The number of carbonyl (C=O) groups is 1. The predicted octanol–water partition coefficient (Wildman–Crippen LogP) is 3.68. The molecule has 0 bridgehead atoms. The monoisotopic (exact) mass is 430 g/mol. The maximum Gasteiger partial charge on any atom is 0.419 e. The van der Waals surface area contributed by atoms with Crippen LogP contribution in [0.4, 0.5) is 0 Å². The SMILES string of the molecule is CCOc1cc2c(cc1CNC(=O)CCn1c(=O)oc3cc(Cl)ccc31)O[C@H](C)C2. The van der Waals surface area contributed by atoms with Gasteiger partial charge in [0, 0.05) is 48.1 Å². The van der Waals surface area contributed by atoms with Crippen molar-refractivity contribution in [1.29, 1.82) is 0 Å². The number of aryl methyl sites for hydroxylation is 1. The number of rotatable bonds is 7. The molecule has 1 aliphatic rings. The first-order valence-corrected chi connectivity index (χ1v) is 10.3. The second-order valence-electron chi connectivity index (χ2n) is 7.29. The van der Waals surface area contributed by atoms with E-state index in [-0.39, 0.29) is 25.0 Å². The van der Waals surface area contributed by atoms with E-state index in [0.29, 0.717) is 29.3 Å². The van der Waals surface area contributed by atoms with Crippen molar-refractivity contribution in [2.45, 2.75) is 45.9 Å². The minimum absolute atomic E-state index is 0.136. The van der Waals surface area contributed by atoms with Crippen molar-refractivity contribution in [3.05, 3.63) is 57.0 Å². The first-order valence-electron chi connectivity index (χ1n) is 9.95. The standard InChI is InChI=1S/C22H23ClN2O5/c1-3-28-18-9-14-8-13(2)29-19(14)10-15(18)12-24-21(26)6-7-25-17-5-4-16(23)11-20(17)30-22(25)27/h4-5,9-11,13H,3,6-8,12H2,1-2H3,(H,24,26)/t13-/m1/s1. The molecule has 1 aromatic heterocycles. The van der Waals surface area contributed by atoms with Crippen molar-refractivity contribution >= 4 is 28.6 Å². The van der Waals surface area contributed by atoms with Crippen LogP contribution in [0.25, 0.3) is 11.1 Å². The minimum atomic E-state index is -0.511. The van der Waals surface area contributed by atoms with Crippen molar-refractivity contribution < 1.29 is 18.7 Å². The smallest absolute Gasteiger partial charge is 0.419 e. The van der Waals surface area contributed by atoms with E-state index >= 15 is 0 Å². The number of amides is 1. The minimum Gasteiger partial charge on any atom is -0.494 e. The number of carbonyl (C=O) groups excluding carboxylic acids is 1. The molecule has 7 nitrogen and oxygen atoms in total. The van der Waals surface area contributed by atoms with E-state index in [1.54, 1.807) is 18.2 Å². The molecule has 0 fully saturated rings. The molecule has 158 valence electrons. The van der Waals surface area contributed by atoms with Crippen LogP contribution in [-0.2, 0) is 24.3 Å². The molecule has 0 saturated carbocycles. The van der Waals surface area contributed by atoms with Crippen molar-refractivity contribution in [3.63, 3.8) is 0 Å². The van der Waals surface area contributed by atoms with Crippen LogP contribution < -0.4 is 20.5 Å². The molecule has 3 aromatic rings. The second kappa shape index (κ2) is 8.44. The molecule has 0 aliphatic carbocycles. The Morgan fingerprint density at radius 3 is 2.97 bits per heavy atom. The van der Waals surface area contributed by atoms with Gasteiger partial charge in [0.1, 0.15) is 17.6 Å². The summed E-state index contributed by atoms with van der Waals surface area (Å²) in [7, 11) is 0. The summed E-state index contributed by atoms with van der Waals surface area (Å²) in [5.74, 6) is 0.902. The summed E-state index contributed by atoms with van der Waals surface area (Å²) in [6.07, 6.45) is 1.12. The molecule has 1 atom stereocenters. The number of hydrogen-bond donors (Lipinski definition) is 1. The van der Waals surface area contributed by atoms with E-state index in [1.807, 2.05) is 26.0 Å². The van der Waals surface area contributed by atoms with Crippen molar-refractivity contribution in [1.82, 2.24) is 9.88 Å². The van der Waals surface area contributed by atoms with Gasteiger partial charge in [-0.3, -0.25) is 9.36 Å². The zero-order valence-electron chi connectivity index (χ0n) is 16.9. The van der Waals surface area contributed by atoms with E-state index in [2.05, 4.69) is 5.32 Å². The molecule has 0 radical (unpaired) electrons. The molecular weight excluding hydrogens is 408 g/mol. The Labute approximate surface area is 178 Å². The molecule has 2 heterocycles. The molecule has 1 amide bonds. The number of oxazole rings is 1. The highest BCUT2D eigenvalue weighted by Gasteiger charge is 2.22. The van der Waals surface area contributed by atoms with Gasteiger partial charge in [-0.1, -0.05) is 11.6 Å². The number of halogens is 1. The third-order valence-electron chi connectivity index (χ3n) is 5.05. The third-order valence-corrected chi connectivity index (χ3v) is 5.28. The Bertz CT molecular complexity index is 1150. The topological polar surface area (TPSA) is 82.7 Å². The number of nitrogens with one attached hydrogen (secondary N) is 1. The van der Waals surface area contributed by atoms with Crippen molar-refractivity contribution in [3.8, 4) is 11.5 Å². The van der Waals surface area contributed by atoms with Crippen LogP contribution in [0.3, 0.4) is 0 Å². The summed E-state index contributed by atoms with van der Waals surface area (Å²) in [4.78, 5) is 24.5. The Kier molecular flexibility index (Phi) is 5.72. The maximum absolute atomic E-state index is 12.4. The van der Waals surface area contributed by atoms with Gasteiger partial charge in [-0.25, -0.2) is 4.79 Å². The molecule has 0 unspecified atom stereocenters. The fourth-order valence-electron chi connectivity index (χ4n) is 3.66. The summed E-state index contributed by atoms with van der Waals surface area (Å²) in [5.41, 5.74) is 2.99. The number of benzene rings is 2. The van der Waals surface area contributed by atoms with Crippen LogP contribution in [0.2, 0.25) is 5.02 Å². The van der Waals surface area contributed by atoms with Gasteiger partial charge in [0.05, 0.1) is 12.1 Å². The fraction of sp³-hybridized carbons (Fsp3) is 0.364. The lowest BCUT2D eigenvalue weighted by Crippen LogP contribution is -2.26. The van der Waals surface area contributed by atoms with E-state index in [4.69, 9.17) is 25.5 Å². The van der Waals surface area contributed by atoms with Crippen LogP contribution in [0, 0.1) is 0 Å². The summed E-state index contributed by atoms with van der Waals surface area (Å²) in [5, 5.41) is 3.38. The van der Waals surface area contributed by atoms with Gasteiger partial charge in [0.25, 0.3) is 0 Å². The molecule has 8 heteroatoms. The summed E-state index contributed by atoms with van der Waals surface area (Å²) in [6, 6.07) is 8.90. The summed E-state index contributed by atoms with van der Waals surface area (Å²) < 4.78 is 18.2. The average molecular weight is 431 g/mol. The summed E-state index contributed by atoms with van der Waals surface area (Å²) in [6.45, 7) is 5.01. The van der Waals surface area contributed by atoms with E-state index in [0.717, 1.165) is 29.0 Å². The summed E-state index contributed by atoms with van der Waals surface area (Å²) >= 11 is 5.93. The molecular formula is C22H23ClN2O5. The largest absolute Gasteiger partial charge is 0.494 e. The second-order valence-corrected chi connectivity index (χ2v) is 7.73. The van der Waals surface area contributed by atoms with Gasteiger partial charge in [-0.15, -0.1) is 0 Å². The Balaban J connectivity index is 1.42. The fourth-order valence-corrected chi connectivity index (χ4v) is 3.82. The molecule has 0 saturated heterocycles. The van der Waals surface area contributed by atoms with Crippen molar-refractivity contribution in [2.75, 3.05) is 6.61 Å².